The van der Waals surface area contributed by atoms with E-state index in [9.17, 15) is 4.79 Å². The smallest absolute Gasteiger partial charge is 0.264 e. The number of anilines is 1. The molecular weight excluding hydrogens is 312 g/mol. The summed E-state index contributed by atoms with van der Waals surface area (Å²) in [6.07, 6.45) is 0.856. The lowest BCUT2D eigenvalue weighted by molar-refractivity contribution is -0.118. The molecule has 0 spiro atoms. The van der Waals surface area contributed by atoms with Crippen molar-refractivity contribution in [2.24, 2.45) is 0 Å². The first kappa shape index (κ1) is 15.5. The average Bonchev–Trinajstić information content (AvgIpc) is 3.05. The van der Waals surface area contributed by atoms with Gasteiger partial charge in [0.05, 0.1) is 5.69 Å². The second kappa shape index (κ2) is 6.37. The van der Waals surface area contributed by atoms with Gasteiger partial charge in [0.1, 0.15) is 5.75 Å². The molecule has 0 aliphatic heterocycles. The largest absolute Gasteiger partial charge is 0.483 e. The molecule has 1 aromatic carbocycles. The Labute approximate surface area is 138 Å². The molecule has 3 rings (SSSR count). The van der Waals surface area contributed by atoms with Gasteiger partial charge in [-0.3, -0.25) is 10.1 Å². The third-order valence-corrected chi connectivity index (χ3v) is 4.66. The number of thiazole rings is 1. The fraction of sp³-hybridized carbons (Fsp3) is 0.312. The fourth-order valence-corrected chi connectivity index (χ4v) is 3.14. The molecule has 0 radical (unpaired) electrons. The molecule has 0 aliphatic carbocycles. The van der Waals surface area contributed by atoms with Gasteiger partial charge in [-0.25, -0.2) is 4.52 Å². The number of aryl methyl sites for hydroxylation is 3. The van der Waals surface area contributed by atoms with Crippen LogP contribution in [0.2, 0.25) is 0 Å². The number of amides is 1. The maximum atomic E-state index is 12.0. The maximum absolute atomic E-state index is 12.0. The zero-order valence-corrected chi connectivity index (χ0v) is 14.1. The number of aromatic nitrogens is 3. The molecule has 1 N–H and O–H groups in total. The molecule has 0 saturated heterocycles. The van der Waals surface area contributed by atoms with Crippen molar-refractivity contribution in [3.8, 4) is 5.75 Å². The SMILES string of the molecule is CCc1ccccc1OCC(=O)Nc1nc2sc(C)c(C)n2n1. The third kappa shape index (κ3) is 3.19. The van der Waals surface area contributed by atoms with E-state index in [2.05, 4.69) is 15.4 Å². The van der Waals surface area contributed by atoms with E-state index >= 15 is 0 Å². The normalized spacial score (nSPS) is 10.9. The molecule has 120 valence electrons. The number of hydrogen-bond donors (Lipinski definition) is 1. The molecule has 0 aliphatic rings. The maximum Gasteiger partial charge on any atom is 0.264 e. The summed E-state index contributed by atoms with van der Waals surface area (Å²) in [4.78, 5) is 18.3. The highest BCUT2D eigenvalue weighted by Crippen LogP contribution is 2.21. The highest BCUT2D eigenvalue weighted by Gasteiger charge is 2.13. The Bertz CT molecular complexity index is 853. The van der Waals surface area contributed by atoms with Crippen LogP contribution in [0, 0.1) is 13.8 Å². The van der Waals surface area contributed by atoms with Gasteiger partial charge in [0.25, 0.3) is 11.9 Å². The summed E-state index contributed by atoms with van der Waals surface area (Å²) >= 11 is 1.55. The number of rotatable bonds is 5. The summed E-state index contributed by atoms with van der Waals surface area (Å²) in [6, 6.07) is 7.70. The van der Waals surface area contributed by atoms with Crippen LogP contribution in [0.1, 0.15) is 23.1 Å². The number of nitrogens with one attached hydrogen (secondary N) is 1. The van der Waals surface area contributed by atoms with Crippen LogP contribution in [-0.4, -0.2) is 27.1 Å². The molecular formula is C16H18N4O2S. The number of para-hydroxylation sites is 1. The van der Waals surface area contributed by atoms with E-state index in [0.29, 0.717) is 5.95 Å². The van der Waals surface area contributed by atoms with Gasteiger partial charge in [-0.1, -0.05) is 36.5 Å². The van der Waals surface area contributed by atoms with Crippen molar-refractivity contribution in [3.63, 3.8) is 0 Å². The number of carbonyl (C=O) groups excluding carboxylic acids is 1. The molecule has 0 saturated carbocycles. The molecule has 2 heterocycles. The van der Waals surface area contributed by atoms with E-state index in [-0.39, 0.29) is 12.5 Å². The van der Waals surface area contributed by atoms with Gasteiger partial charge in [0.15, 0.2) is 6.61 Å². The minimum atomic E-state index is -0.275. The minimum Gasteiger partial charge on any atom is -0.483 e. The Balaban J connectivity index is 1.64. The number of benzene rings is 1. The van der Waals surface area contributed by atoms with Crippen LogP contribution in [0.15, 0.2) is 24.3 Å². The number of hydrogen-bond acceptors (Lipinski definition) is 5. The van der Waals surface area contributed by atoms with Crippen LogP contribution < -0.4 is 10.1 Å². The van der Waals surface area contributed by atoms with Gasteiger partial charge >= 0.3 is 0 Å². The Kier molecular flexibility index (Phi) is 4.29. The minimum absolute atomic E-state index is 0.0676. The van der Waals surface area contributed by atoms with Crippen molar-refractivity contribution in [1.29, 1.82) is 0 Å². The molecule has 0 bridgehead atoms. The van der Waals surface area contributed by atoms with Crippen molar-refractivity contribution in [2.45, 2.75) is 27.2 Å². The highest BCUT2D eigenvalue weighted by molar-refractivity contribution is 7.17. The zero-order valence-electron chi connectivity index (χ0n) is 13.3. The van der Waals surface area contributed by atoms with Gasteiger partial charge in [-0.2, -0.15) is 4.98 Å². The van der Waals surface area contributed by atoms with Gasteiger partial charge in [-0.05, 0) is 31.9 Å². The number of carbonyl (C=O) groups is 1. The van der Waals surface area contributed by atoms with Crippen molar-refractivity contribution < 1.29 is 9.53 Å². The first-order chi connectivity index (χ1) is 11.1. The van der Waals surface area contributed by atoms with Crippen LogP contribution in [-0.2, 0) is 11.2 Å². The number of fused-ring (bicyclic) bond motifs is 1. The summed E-state index contributed by atoms with van der Waals surface area (Å²) in [7, 11) is 0. The van der Waals surface area contributed by atoms with E-state index in [0.717, 1.165) is 33.3 Å². The van der Waals surface area contributed by atoms with E-state index in [1.54, 1.807) is 15.9 Å². The standard InChI is InChI=1S/C16H18N4O2S/c1-4-12-7-5-6-8-13(12)22-9-14(21)17-15-18-16-20(19-15)10(2)11(3)23-16/h5-8H,4,9H2,1-3H3,(H,17,19,21). The van der Waals surface area contributed by atoms with E-state index < -0.39 is 0 Å². The van der Waals surface area contributed by atoms with Gasteiger partial charge < -0.3 is 4.74 Å². The van der Waals surface area contributed by atoms with E-state index in [1.165, 1.54) is 0 Å². The summed E-state index contributed by atoms with van der Waals surface area (Å²) < 4.78 is 7.33. The lowest BCUT2D eigenvalue weighted by atomic mass is 10.1. The van der Waals surface area contributed by atoms with Gasteiger partial charge in [0.2, 0.25) is 4.96 Å². The van der Waals surface area contributed by atoms with E-state index in [1.807, 2.05) is 45.0 Å². The molecule has 0 fully saturated rings. The predicted octanol–water partition coefficient (Wildman–Crippen LogP) is 2.99. The molecule has 0 atom stereocenters. The lowest BCUT2D eigenvalue weighted by Crippen LogP contribution is -2.21. The van der Waals surface area contributed by atoms with E-state index in [4.69, 9.17) is 4.74 Å². The highest BCUT2D eigenvalue weighted by atomic mass is 32.1. The van der Waals surface area contributed by atoms with Crippen molar-refractivity contribution in [2.75, 3.05) is 11.9 Å². The molecule has 0 unspecified atom stereocenters. The van der Waals surface area contributed by atoms with Crippen LogP contribution in [0.3, 0.4) is 0 Å². The average molecular weight is 330 g/mol. The number of ether oxygens (including phenoxy) is 1. The zero-order chi connectivity index (χ0) is 16.4. The van der Waals surface area contributed by atoms with Crippen molar-refractivity contribution in [1.82, 2.24) is 14.6 Å². The first-order valence-electron chi connectivity index (χ1n) is 7.41. The van der Waals surface area contributed by atoms with Crippen LogP contribution >= 0.6 is 11.3 Å². The monoisotopic (exact) mass is 330 g/mol. The quantitative estimate of drug-likeness (QED) is 0.781. The Morgan fingerprint density at radius 3 is 2.87 bits per heavy atom. The topological polar surface area (TPSA) is 68.5 Å². The van der Waals surface area contributed by atoms with Crippen LogP contribution in [0.4, 0.5) is 5.95 Å². The number of nitrogens with zero attached hydrogens (tertiary/aromatic N) is 3. The van der Waals surface area contributed by atoms with Crippen LogP contribution in [0.25, 0.3) is 4.96 Å². The summed E-state index contributed by atoms with van der Waals surface area (Å²) in [5.74, 6) is 0.760. The Morgan fingerprint density at radius 1 is 1.35 bits per heavy atom. The molecule has 2 aromatic heterocycles. The molecule has 1 amide bonds. The second-order valence-corrected chi connectivity index (χ2v) is 6.35. The summed E-state index contributed by atoms with van der Waals surface area (Å²) in [6.45, 7) is 5.98. The van der Waals surface area contributed by atoms with Gasteiger partial charge in [0, 0.05) is 4.88 Å². The second-order valence-electron chi connectivity index (χ2n) is 5.17. The molecule has 7 heteroatoms. The van der Waals surface area contributed by atoms with Crippen molar-refractivity contribution >= 4 is 28.2 Å². The predicted molar refractivity (Wildman–Crippen MR) is 90.3 cm³/mol. The molecule has 6 nitrogen and oxygen atoms in total. The lowest BCUT2D eigenvalue weighted by Gasteiger charge is -2.09. The van der Waals surface area contributed by atoms with Crippen molar-refractivity contribution in [3.05, 3.63) is 40.4 Å². The first-order valence-corrected chi connectivity index (χ1v) is 8.23. The third-order valence-electron chi connectivity index (χ3n) is 3.61. The Hall–Kier alpha value is -2.41. The van der Waals surface area contributed by atoms with Gasteiger partial charge in [-0.15, -0.1) is 5.10 Å². The fourth-order valence-electron chi connectivity index (χ4n) is 2.24. The molecule has 3 aromatic rings. The summed E-state index contributed by atoms with van der Waals surface area (Å²) in [5, 5.41) is 6.96. The molecule has 23 heavy (non-hydrogen) atoms. The Morgan fingerprint density at radius 2 is 2.13 bits per heavy atom. The van der Waals surface area contributed by atoms with Crippen LogP contribution in [0.5, 0.6) is 5.75 Å². The summed E-state index contributed by atoms with van der Waals surface area (Å²) in [5.41, 5.74) is 2.11.